The van der Waals surface area contributed by atoms with E-state index in [2.05, 4.69) is 27.1 Å². The first-order valence-corrected chi connectivity index (χ1v) is 11.4. The van der Waals surface area contributed by atoms with E-state index < -0.39 is 11.6 Å². The van der Waals surface area contributed by atoms with Crippen LogP contribution in [0.15, 0.2) is 30.3 Å². The number of hydrogen-bond acceptors (Lipinski definition) is 6. The van der Waals surface area contributed by atoms with Crippen LogP contribution < -0.4 is 16.8 Å². The van der Waals surface area contributed by atoms with Crippen molar-refractivity contribution in [2.24, 2.45) is 7.05 Å². The average Bonchev–Trinajstić information content (AvgIpc) is 3.34. The number of benzene rings is 2. The van der Waals surface area contributed by atoms with E-state index in [0.717, 1.165) is 17.8 Å². The van der Waals surface area contributed by atoms with Crippen molar-refractivity contribution >= 4 is 33.6 Å². The number of anilines is 2. The highest BCUT2D eigenvalue weighted by Gasteiger charge is 2.24. The normalized spacial score (nSPS) is 13.1. The Bertz CT molecular complexity index is 1750. The highest BCUT2D eigenvalue weighted by atomic mass is 19.1. The molecule has 0 unspecified atom stereocenters. The van der Waals surface area contributed by atoms with Gasteiger partial charge in [-0.2, -0.15) is 0 Å². The van der Waals surface area contributed by atoms with Gasteiger partial charge < -0.3 is 25.9 Å². The lowest BCUT2D eigenvalue weighted by Crippen LogP contribution is -2.28. The quantitative estimate of drug-likeness (QED) is 0.249. The summed E-state index contributed by atoms with van der Waals surface area (Å²) in [5.41, 5.74) is 15.8. The van der Waals surface area contributed by atoms with Crippen molar-refractivity contribution in [2.75, 3.05) is 18.0 Å². The smallest absolute Gasteiger partial charge is 0.169 e. The summed E-state index contributed by atoms with van der Waals surface area (Å²) in [6, 6.07) is 8.47. The maximum absolute atomic E-state index is 15.3. The van der Waals surface area contributed by atoms with Crippen molar-refractivity contribution in [3.63, 3.8) is 0 Å². The number of halogens is 2. The number of fused-ring (bicyclic) bond motifs is 4. The fourth-order valence-corrected chi connectivity index (χ4v) is 4.64. The number of aryl methyl sites for hydroxylation is 2. The van der Waals surface area contributed by atoms with Gasteiger partial charge in [-0.25, -0.2) is 23.7 Å². The molecule has 5 aromatic rings. The van der Waals surface area contributed by atoms with E-state index in [0.29, 0.717) is 52.5 Å². The number of imidazole rings is 1. The molecule has 0 spiro atoms. The molecule has 0 aliphatic carbocycles. The molecule has 0 saturated carbocycles. The van der Waals surface area contributed by atoms with Crippen LogP contribution in [0.25, 0.3) is 33.5 Å². The van der Waals surface area contributed by atoms with E-state index in [9.17, 15) is 4.39 Å². The van der Waals surface area contributed by atoms with Crippen LogP contribution in [0.2, 0.25) is 0 Å². The number of rotatable bonds is 1. The second-order valence-electron chi connectivity index (χ2n) is 8.79. The van der Waals surface area contributed by atoms with Gasteiger partial charge in [0.2, 0.25) is 0 Å². The van der Waals surface area contributed by atoms with Crippen molar-refractivity contribution < 1.29 is 8.78 Å². The Morgan fingerprint density at radius 2 is 1.78 bits per heavy atom. The first kappa shape index (κ1) is 22.0. The molecular weight excluding hydrogens is 462 g/mol. The predicted octanol–water partition coefficient (Wildman–Crippen LogP) is 3.24. The highest BCUT2D eigenvalue weighted by Crippen LogP contribution is 2.32. The van der Waals surface area contributed by atoms with Crippen molar-refractivity contribution in [1.29, 1.82) is 0 Å². The SMILES string of the molecule is Cc1nc2c(F)c(C#Cc3c4n(c5nc(-c6ccc(N)cc6)nc(N)c35)CCNC4)c(F)cc2n1C. The molecule has 0 radical (unpaired) electrons. The summed E-state index contributed by atoms with van der Waals surface area (Å²) in [5.74, 6) is 5.45. The van der Waals surface area contributed by atoms with Crippen molar-refractivity contribution in [3.8, 4) is 23.2 Å². The fraction of sp³-hybridized carbons (Fsp3) is 0.192. The maximum atomic E-state index is 15.3. The Labute approximate surface area is 205 Å². The third kappa shape index (κ3) is 3.28. The third-order valence-corrected chi connectivity index (χ3v) is 6.62. The molecule has 4 heterocycles. The largest absolute Gasteiger partial charge is 0.399 e. The number of nitrogens with zero attached hydrogens (tertiary/aromatic N) is 5. The Morgan fingerprint density at radius 3 is 2.56 bits per heavy atom. The van der Waals surface area contributed by atoms with Crippen LogP contribution in [0.4, 0.5) is 20.3 Å². The zero-order valence-electron chi connectivity index (χ0n) is 19.7. The van der Waals surface area contributed by atoms with Gasteiger partial charge in [0.1, 0.15) is 28.6 Å². The molecule has 180 valence electrons. The predicted molar refractivity (Wildman–Crippen MR) is 135 cm³/mol. The fourth-order valence-electron chi connectivity index (χ4n) is 4.64. The van der Waals surface area contributed by atoms with Gasteiger partial charge in [-0.15, -0.1) is 0 Å². The van der Waals surface area contributed by atoms with Crippen LogP contribution in [0.1, 0.15) is 22.6 Å². The minimum atomic E-state index is -0.786. The average molecular weight is 485 g/mol. The lowest BCUT2D eigenvalue weighted by Gasteiger charge is -2.17. The van der Waals surface area contributed by atoms with E-state index >= 15 is 4.39 Å². The van der Waals surface area contributed by atoms with Crippen LogP contribution >= 0.6 is 0 Å². The minimum absolute atomic E-state index is 0.0853. The first-order valence-electron chi connectivity index (χ1n) is 11.4. The van der Waals surface area contributed by atoms with E-state index in [4.69, 9.17) is 16.5 Å². The molecule has 36 heavy (non-hydrogen) atoms. The zero-order valence-corrected chi connectivity index (χ0v) is 19.7. The lowest BCUT2D eigenvalue weighted by molar-refractivity contribution is 0.523. The summed E-state index contributed by atoms with van der Waals surface area (Å²) in [4.78, 5) is 13.5. The second-order valence-corrected chi connectivity index (χ2v) is 8.79. The Morgan fingerprint density at radius 1 is 1.03 bits per heavy atom. The number of nitrogens with two attached hydrogens (primary N) is 2. The molecule has 1 aliphatic rings. The number of nitrogen functional groups attached to an aromatic ring is 2. The highest BCUT2D eigenvalue weighted by molar-refractivity contribution is 5.95. The molecule has 0 amide bonds. The van der Waals surface area contributed by atoms with Crippen LogP contribution in [0.3, 0.4) is 0 Å². The monoisotopic (exact) mass is 484 g/mol. The summed E-state index contributed by atoms with van der Waals surface area (Å²) >= 11 is 0. The maximum Gasteiger partial charge on any atom is 0.169 e. The number of nitrogens with one attached hydrogen (secondary N) is 1. The van der Waals surface area contributed by atoms with Crippen LogP contribution in [0.5, 0.6) is 0 Å². The van der Waals surface area contributed by atoms with E-state index in [1.807, 2.05) is 16.7 Å². The number of aromatic nitrogens is 5. The van der Waals surface area contributed by atoms with Gasteiger partial charge in [-0.1, -0.05) is 11.8 Å². The second kappa shape index (κ2) is 8.03. The Hall–Kier alpha value is -4.49. The van der Waals surface area contributed by atoms with Gasteiger partial charge in [-0.3, -0.25) is 0 Å². The van der Waals surface area contributed by atoms with E-state index in [1.54, 1.807) is 30.7 Å². The first-order chi connectivity index (χ1) is 17.3. The van der Waals surface area contributed by atoms with Crippen molar-refractivity contribution in [3.05, 3.63) is 64.6 Å². The van der Waals surface area contributed by atoms with Gasteiger partial charge in [0, 0.05) is 49.7 Å². The van der Waals surface area contributed by atoms with Crippen LogP contribution in [0, 0.1) is 30.4 Å². The molecule has 6 rings (SSSR count). The van der Waals surface area contributed by atoms with Crippen LogP contribution in [-0.4, -0.2) is 30.6 Å². The Balaban J connectivity index is 1.56. The summed E-state index contributed by atoms with van der Waals surface area (Å²) in [6.07, 6.45) is 0. The van der Waals surface area contributed by atoms with Crippen molar-refractivity contribution in [2.45, 2.75) is 20.0 Å². The van der Waals surface area contributed by atoms with Gasteiger partial charge in [0.05, 0.1) is 22.0 Å². The topological polar surface area (TPSA) is 113 Å². The minimum Gasteiger partial charge on any atom is -0.399 e. The summed E-state index contributed by atoms with van der Waals surface area (Å²) in [6.45, 7) is 3.63. The molecule has 2 aromatic carbocycles. The van der Waals surface area contributed by atoms with Gasteiger partial charge in [0.25, 0.3) is 0 Å². The van der Waals surface area contributed by atoms with Gasteiger partial charge in [0.15, 0.2) is 11.6 Å². The summed E-state index contributed by atoms with van der Waals surface area (Å²) < 4.78 is 33.9. The molecule has 5 N–H and O–H groups in total. The molecule has 10 heteroatoms. The lowest BCUT2D eigenvalue weighted by atomic mass is 10.1. The molecule has 3 aromatic heterocycles. The van der Waals surface area contributed by atoms with Crippen molar-refractivity contribution in [1.82, 2.24) is 29.4 Å². The zero-order chi connectivity index (χ0) is 25.1. The van der Waals surface area contributed by atoms with Gasteiger partial charge in [-0.05, 0) is 31.2 Å². The van der Waals surface area contributed by atoms with Crippen LogP contribution in [-0.2, 0) is 20.1 Å². The molecule has 0 saturated heterocycles. The van der Waals surface area contributed by atoms with E-state index in [1.165, 1.54) is 6.07 Å². The summed E-state index contributed by atoms with van der Waals surface area (Å²) in [5, 5.41) is 3.88. The Kier molecular flexibility index (Phi) is 4.91. The van der Waals surface area contributed by atoms with Gasteiger partial charge >= 0.3 is 0 Å². The molecule has 0 atom stereocenters. The molecule has 1 aliphatic heterocycles. The molecular formula is C26H22F2N8. The number of hydrogen-bond donors (Lipinski definition) is 3. The third-order valence-electron chi connectivity index (χ3n) is 6.62. The molecule has 0 fully saturated rings. The van der Waals surface area contributed by atoms with E-state index in [-0.39, 0.29) is 16.9 Å². The molecule has 8 nitrogen and oxygen atoms in total. The summed E-state index contributed by atoms with van der Waals surface area (Å²) in [7, 11) is 1.71. The standard InChI is InChI=1S/C26H22F2N8/c1-13-32-23-19(35(13)2)11-18(27)16(22(23)28)7-8-17-20-12-31-9-10-36(20)26-21(17)24(30)33-25(34-26)14-3-5-15(29)6-4-14/h3-6,11,31H,9-10,12,29H2,1-2H3,(H2,30,33,34). The molecule has 0 bridgehead atoms.